The molecule has 0 aromatic heterocycles. The molecule has 2 radical (unpaired) electrons. The van der Waals surface area contributed by atoms with E-state index < -0.39 is 0 Å². The largest absolute Gasteiger partial charge is 0 e. The van der Waals surface area contributed by atoms with Gasteiger partial charge >= 0.3 is 67.8 Å². The molecule has 0 amide bonds. The van der Waals surface area contributed by atoms with Crippen LogP contribution in [0.15, 0.2) is 12.2 Å². The third-order valence-corrected chi connectivity index (χ3v) is 0.263. The van der Waals surface area contributed by atoms with E-state index >= 15 is 0 Å². The van der Waals surface area contributed by atoms with E-state index in [-0.39, 0.29) is 33.6 Å². The van der Waals surface area contributed by atoms with Gasteiger partial charge in [0.05, 0.1) is 0 Å². The van der Waals surface area contributed by atoms with E-state index in [0.29, 0.717) is 0 Å². The summed E-state index contributed by atoms with van der Waals surface area (Å²) in [7, 11) is 0. The van der Waals surface area contributed by atoms with Crippen LogP contribution in [0.1, 0.15) is 6.92 Å². The van der Waals surface area contributed by atoms with Crippen molar-refractivity contribution in [2.24, 2.45) is 0 Å². The zero-order chi connectivity index (χ0) is 16.1. The van der Waals surface area contributed by atoms with Crippen LogP contribution in [0, 0.1) is 52.2 Å². The molecule has 0 fully saturated rings. The van der Waals surface area contributed by atoms with Gasteiger partial charge in [-0.15, -0.1) is 6.42 Å². The third kappa shape index (κ3) is 6430. The van der Waals surface area contributed by atoms with Crippen molar-refractivity contribution in [3.05, 3.63) is 52.1 Å². The van der Waals surface area contributed by atoms with E-state index in [1.54, 1.807) is 6.08 Å². The molecule has 0 aromatic rings. The normalized spacial score (nSPS) is 2.74. The average Bonchev–Trinajstić information content (AvgIpc) is 2.52. The Morgan fingerprint density at radius 2 is 0.842 bits per heavy atom. The molecule has 104 valence electrons. The summed E-state index contributed by atoms with van der Waals surface area (Å²) in [6, 6.07) is 0. The van der Waals surface area contributed by atoms with Crippen LogP contribution in [-0.4, -0.2) is 0 Å². The van der Waals surface area contributed by atoms with E-state index in [9.17, 15) is 0 Å². The molecule has 0 aliphatic heterocycles. The Kier molecular flexibility index (Phi) is 4630. The van der Waals surface area contributed by atoms with Gasteiger partial charge in [-0.1, -0.05) is 12.0 Å². The van der Waals surface area contributed by atoms with Gasteiger partial charge in [0.1, 0.15) is 0 Å². The minimum absolute atomic E-state index is 0. The molecule has 0 aliphatic carbocycles. The molecule has 19 heavy (non-hydrogen) atoms. The molecule has 0 bridgehead atoms. The van der Waals surface area contributed by atoms with E-state index in [0.717, 1.165) is 0 Å². The Balaban J connectivity index is -0.00000000912. The summed E-state index contributed by atoms with van der Waals surface area (Å²) in [5.74, 6) is 2.34. The number of terminal acetylenes is 1. The molecule has 0 saturated heterocycles. The van der Waals surface area contributed by atoms with Crippen LogP contribution < -0.4 is 0 Å². The fourth-order valence-corrected chi connectivity index (χ4v) is 0.0962. The van der Waals surface area contributed by atoms with Crippen LogP contribution in [0.4, 0.5) is 0 Å². The van der Waals surface area contributed by atoms with Crippen molar-refractivity contribution in [2.45, 2.75) is 6.92 Å². The van der Waals surface area contributed by atoms with Crippen LogP contribution in [0.3, 0.4) is 0 Å². The third-order valence-electron chi connectivity index (χ3n) is 0.263. The summed E-state index contributed by atoms with van der Waals surface area (Å²) in [4.78, 5) is 0. The van der Waals surface area contributed by atoms with Gasteiger partial charge in [-0.2, -0.15) is 0 Å². The Morgan fingerprint density at radius 3 is 0.842 bits per heavy atom. The molecule has 0 unspecified atom stereocenters. The molecule has 0 heterocycles. The average molecular weight is 352 g/mol. The minimum Gasteiger partial charge on any atom is 0 e. The summed E-state index contributed by atoms with van der Waals surface area (Å²) in [6.45, 7) is 28.9. The van der Waals surface area contributed by atoms with E-state index in [4.69, 9.17) is 34.3 Å². The zero-order valence-corrected chi connectivity index (χ0v) is 11.4. The molecule has 0 saturated carbocycles. The molecule has 0 atom stereocenters. The van der Waals surface area contributed by atoms with Gasteiger partial charge in [0.15, 0.2) is 0 Å². The molecule has 8 heteroatoms. The summed E-state index contributed by atoms with van der Waals surface area (Å²) in [6.07, 6.45) is 8.27. The number of allylic oxidation sites excluding steroid dienone is 2. The Morgan fingerprint density at radius 1 is 0.684 bits per heavy atom. The van der Waals surface area contributed by atoms with Crippen LogP contribution >= 0.6 is 0 Å². The van der Waals surface area contributed by atoms with Crippen molar-refractivity contribution in [2.75, 3.05) is 0 Å². The molecule has 0 spiro atoms. The van der Waals surface area contributed by atoms with Crippen LogP contribution in [-0.2, 0) is 61.5 Å². The first-order chi connectivity index (χ1) is 8.41. The van der Waals surface area contributed by atoms with Gasteiger partial charge in [-0.05, 0) is 13.0 Å². The maximum Gasteiger partial charge on any atom is 0 e. The van der Waals surface area contributed by atoms with Gasteiger partial charge in [0.25, 0.3) is 0 Å². The second-order valence-electron chi connectivity index (χ2n) is 0.667. The topological polar surface area (TPSA) is 119 Å². The van der Waals surface area contributed by atoms with Crippen molar-refractivity contribution in [1.82, 2.24) is 0 Å². The molecular formula is C11H6Co2O6. The molecular weight excluding hydrogens is 346 g/mol. The van der Waals surface area contributed by atoms with Gasteiger partial charge < -0.3 is 0 Å². The van der Waals surface area contributed by atoms with Crippen LogP contribution in [0.5, 0.6) is 0 Å². The number of rotatable bonds is 0. The predicted molar refractivity (Wildman–Crippen MR) is 47.2 cm³/mol. The smallest absolute Gasteiger partial charge is 0 e. The molecule has 0 aromatic carbocycles. The predicted octanol–water partition coefficient (Wildman–Crippen LogP) is 0.966. The minimum atomic E-state index is 0. The maximum absolute atomic E-state index is 7.50. The molecule has 0 rings (SSSR count). The molecule has 0 aliphatic rings. The van der Waals surface area contributed by atoms with Crippen LogP contribution in [0.2, 0.25) is 0 Å². The van der Waals surface area contributed by atoms with E-state index in [1.165, 1.54) is 0 Å². The summed E-state index contributed by atoms with van der Waals surface area (Å²) in [5, 5.41) is 0. The first kappa shape index (κ1) is 65.0. The Bertz CT molecular complexity index is 218. The Labute approximate surface area is 133 Å². The molecule has 0 N–H and O–H groups in total. The standard InChI is InChI=1S/C5H6.6CO.2Co/c1-3-5-4-2;6*1-2;;/h1,4-5H,2H3;;;;;;;;/b5-4-;;;;;;;;. The first-order valence-electron chi connectivity index (χ1n) is 2.71. The SMILES string of the molecule is C#C/C=C\C.[C-]#[O+].[C-]#[O+].[C-]#[O+].[C-]#[O+].[C-]#[O+].[C-]#[O+].[Co].[Co]. The zero-order valence-electron chi connectivity index (χ0n) is 9.35. The van der Waals surface area contributed by atoms with Crippen molar-refractivity contribution in [1.29, 1.82) is 0 Å². The van der Waals surface area contributed by atoms with Crippen molar-refractivity contribution in [3.8, 4) is 12.3 Å². The number of hydrogen-bond donors (Lipinski definition) is 0. The molecule has 6 nitrogen and oxygen atoms in total. The van der Waals surface area contributed by atoms with E-state index in [2.05, 4.69) is 45.8 Å². The first-order valence-corrected chi connectivity index (χ1v) is 2.71. The van der Waals surface area contributed by atoms with E-state index in [1.807, 2.05) is 13.0 Å². The van der Waals surface area contributed by atoms with Gasteiger partial charge in [0.2, 0.25) is 0 Å². The van der Waals surface area contributed by atoms with Gasteiger partial charge in [-0.3, -0.25) is 0 Å². The van der Waals surface area contributed by atoms with Crippen molar-refractivity contribution >= 4 is 0 Å². The van der Waals surface area contributed by atoms with Crippen molar-refractivity contribution < 1.29 is 61.5 Å². The van der Waals surface area contributed by atoms with Crippen molar-refractivity contribution in [3.63, 3.8) is 0 Å². The summed E-state index contributed by atoms with van der Waals surface area (Å²) < 4.78 is 45.0. The monoisotopic (exact) mass is 352 g/mol. The summed E-state index contributed by atoms with van der Waals surface area (Å²) >= 11 is 0. The quantitative estimate of drug-likeness (QED) is 0.351. The van der Waals surface area contributed by atoms with Gasteiger partial charge in [-0.25, -0.2) is 0 Å². The van der Waals surface area contributed by atoms with Crippen LogP contribution in [0.25, 0.3) is 0 Å². The maximum atomic E-state index is 7.50. The Hall–Kier alpha value is -1.25. The second-order valence-corrected chi connectivity index (χ2v) is 0.667. The number of hydrogen-bond acceptors (Lipinski definition) is 0. The fraction of sp³-hybridized carbons (Fsp3) is 0.0909. The fourth-order valence-electron chi connectivity index (χ4n) is 0.0962. The van der Waals surface area contributed by atoms with Gasteiger partial charge in [0, 0.05) is 33.6 Å². The second kappa shape index (κ2) is 1350. The summed E-state index contributed by atoms with van der Waals surface area (Å²) in [5.41, 5.74) is 0.